The van der Waals surface area contributed by atoms with Gasteiger partial charge in [-0.15, -0.1) is 13.2 Å². The van der Waals surface area contributed by atoms with Crippen LogP contribution in [-0.4, -0.2) is 0 Å². The van der Waals surface area contributed by atoms with E-state index in [9.17, 15) is 0 Å². The smallest absolute Gasteiger partial charge is 0.0184 e. The van der Waals surface area contributed by atoms with Crippen LogP contribution in [0.4, 0.5) is 0 Å². The third-order valence-corrected chi connectivity index (χ3v) is 1.66. The zero-order chi connectivity index (χ0) is 12.8. The normalized spacial score (nSPS) is 7.25. The van der Waals surface area contributed by atoms with Crippen LogP contribution in [0.5, 0.6) is 0 Å². The Morgan fingerprint density at radius 2 is 0.750 bits per heavy atom. The van der Waals surface area contributed by atoms with Gasteiger partial charge in [0.15, 0.2) is 0 Å². The molecular weight excluding hydrogens is 192 g/mol. The van der Waals surface area contributed by atoms with Gasteiger partial charge in [0.1, 0.15) is 0 Å². The number of rotatable bonds is 0. The fourth-order valence-electron chi connectivity index (χ4n) is 1.13. The van der Waals surface area contributed by atoms with Gasteiger partial charge in [0.2, 0.25) is 0 Å². The van der Waals surface area contributed by atoms with Gasteiger partial charge in [-0.25, -0.2) is 0 Å². The molecular formula is C16H24. The molecule has 0 saturated heterocycles. The molecule has 0 radical (unpaired) electrons. The van der Waals surface area contributed by atoms with Crippen LogP contribution in [0.3, 0.4) is 0 Å². The first-order valence-electron chi connectivity index (χ1n) is 5.90. The van der Waals surface area contributed by atoms with Crippen molar-refractivity contribution in [3.63, 3.8) is 0 Å². The molecule has 0 atom stereocenters. The molecule has 0 heterocycles. The van der Waals surface area contributed by atoms with Crippen molar-refractivity contribution in [1.29, 1.82) is 0 Å². The van der Waals surface area contributed by atoms with Crippen LogP contribution in [0.15, 0.2) is 61.7 Å². The predicted octanol–water partition coefficient (Wildman–Crippen LogP) is 5.69. The molecule has 88 valence electrons. The van der Waals surface area contributed by atoms with Crippen molar-refractivity contribution < 1.29 is 0 Å². The first kappa shape index (κ1) is 16.9. The fraction of sp³-hybridized carbons (Fsp3) is 0.250. The summed E-state index contributed by atoms with van der Waals surface area (Å²) in [6.07, 6.45) is 0. The molecule has 0 nitrogen and oxygen atoms in total. The fourth-order valence-corrected chi connectivity index (χ4v) is 1.13. The summed E-state index contributed by atoms with van der Waals surface area (Å²) in [5, 5.41) is 2.62. The van der Waals surface area contributed by atoms with Crippen LogP contribution in [0, 0.1) is 0 Å². The Bertz CT molecular complexity index is 284. The van der Waals surface area contributed by atoms with Crippen molar-refractivity contribution in [2.75, 3.05) is 0 Å². The van der Waals surface area contributed by atoms with E-state index in [0.29, 0.717) is 0 Å². The van der Waals surface area contributed by atoms with Crippen molar-refractivity contribution in [3.8, 4) is 0 Å². The molecule has 2 aromatic rings. The summed E-state index contributed by atoms with van der Waals surface area (Å²) in [5.41, 5.74) is 0. The number of hydrogen-bond donors (Lipinski definition) is 0. The largest absolute Gasteiger partial charge is 0.106 e. The summed E-state index contributed by atoms with van der Waals surface area (Å²) in [6, 6.07) is 16.7. The quantitative estimate of drug-likeness (QED) is 0.496. The highest BCUT2D eigenvalue weighted by Crippen LogP contribution is 2.11. The molecule has 2 rings (SSSR count). The molecule has 0 amide bonds. The van der Waals surface area contributed by atoms with Crippen molar-refractivity contribution >= 4 is 10.8 Å². The topological polar surface area (TPSA) is 0 Å². The molecule has 0 aliphatic carbocycles. The highest BCUT2D eigenvalue weighted by Gasteiger charge is 1.85. The molecule has 0 heteroatoms. The van der Waals surface area contributed by atoms with Gasteiger partial charge in [0.05, 0.1) is 0 Å². The maximum absolute atomic E-state index is 3.00. The van der Waals surface area contributed by atoms with Gasteiger partial charge in [-0.05, 0) is 10.8 Å². The molecule has 2 aromatic carbocycles. The van der Waals surface area contributed by atoms with Crippen LogP contribution in [0.1, 0.15) is 27.7 Å². The molecule has 0 spiro atoms. The van der Waals surface area contributed by atoms with Gasteiger partial charge in [0, 0.05) is 0 Å². The van der Waals surface area contributed by atoms with E-state index in [2.05, 4.69) is 61.7 Å². The molecule has 0 bridgehead atoms. The average molecular weight is 216 g/mol. The maximum Gasteiger partial charge on any atom is -0.0184 e. The second-order valence-electron chi connectivity index (χ2n) is 2.35. The highest BCUT2D eigenvalue weighted by molar-refractivity contribution is 5.81. The Morgan fingerprint density at radius 1 is 0.562 bits per heavy atom. The lowest BCUT2D eigenvalue weighted by atomic mass is 10.1. The zero-order valence-electron chi connectivity index (χ0n) is 11.0. The molecule has 0 N–H and O–H groups in total. The number of hydrogen-bond acceptors (Lipinski definition) is 0. The van der Waals surface area contributed by atoms with Crippen LogP contribution >= 0.6 is 0 Å². The Hall–Kier alpha value is -1.56. The lowest BCUT2D eigenvalue weighted by molar-refractivity contribution is 1.50. The van der Waals surface area contributed by atoms with E-state index >= 15 is 0 Å². The van der Waals surface area contributed by atoms with Crippen LogP contribution < -0.4 is 0 Å². The van der Waals surface area contributed by atoms with E-state index in [1.165, 1.54) is 10.8 Å². The standard InChI is InChI=1S/C10H8.2C2H6.C2H4/c1-2-6-10-8-4-3-7-9(10)5-1;3*1-2/h1-8H;2*1-2H3;1-2H2. The Kier molecular flexibility index (Phi) is 14.2. The minimum atomic E-state index is 1.31. The van der Waals surface area contributed by atoms with Gasteiger partial charge in [0.25, 0.3) is 0 Å². The number of fused-ring (bicyclic) bond motifs is 1. The first-order chi connectivity index (χ1) is 7.97. The molecule has 0 unspecified atom stereocenters. The summed E-state index contributed by atoms with van der Waals surface area (Å²) in [6.45, 7) is 14.0. The maximum atomic E-state index is 3.00. The lowest BCUT2D eigenvalue weighted by Gasteiger charge is -1.92. The van der Waals surface area contributed by atoms with Gasteiger partial charge >= 0.3 is 0 Å². The molecule has 0 aliphatic rings. The monoisotopic (exact) mass is 216 g/mol. The summed E-state index contributed by atoms with van der Waals surface area (Å²) in [5.74, 6) is 0. The average Bonchev–Trinajstić information content (AvgIpc) is 2.45. The second kappa shape index (κ2) is 13.4. The summed E-state index contributed by atoms with van der Waals surface area (Å²) in [4.78, 5) is 0. The Labute approximate surface area is 101 Å². The molecule has 0 saturated carbocycles. The van der Waals surface area contributed by atoms with E-state index in [4.69, 9.17) is 0 Å². The minimum Gasteiger partial charge on any atom is -0.106 e. The van der Waals surface area contributed by atoms with Gasteiger partial charge in [-0.1, -0.05) is 76.2 Å². The Morgan fingerprint density at radius 3 is 0.938 bits per heavy atom. The Balaban J connectivity index is 0. The van der Waals surface area contributed by atoms with Gasteiger partial charge < -0.3 is 0 Å². The van der Waals surface area contributed by atoms with Crippen LogP contribution in [0.25, 0.3) is 10.8 Å². The third-order valence-electron chi connectivity index (χ3n) is 1.66. The van der Waals surface area contributed by atoms with Crippen LogP contribution in [0.2, 0.25) is 0 Å². The van der Waals surface area contributed by atoms with E-state index in [1.807, 2.05) is 27.7 Å². The van der Waals surface area contributed by atoms with Crippen molar-refractivity contribution in [1.82, 2.24) is 0 Å². The molecule has 16 heavy (non-hydrogen) atoms. The van der Waals surface area contributed by atoms with E-state index in [1.54, 1.807) is 0 Å². The SMILES string of the molecule is C=C.CC.CC.c1ccc2ccccc2c1. The van der Waals surface area contributed by atoms with E-state index in [0.717, 1.165) is 0 Å². The first-order valence-corrected chi connectivity index (χ1v) is 5.90. The van der Waals surface area contributed by atoms with E-state index in [-0.39, 0.29) is 0 Å². The van der Waals surface area contributed by atoms with Crippen LogP contribution in [-0.2, 0) is 0 Å². The molecule has 0 aliphatic heterocycles. The second-order valence-corrected chi connectivity index (χ2v) is 2.35. The predicted molar refractivity (Wildman–Crippen MR) is 77.9 cm³/mol. The summed E-state index contributed by atoms with van der Waals surface area (Å²) < 4.78 is 0. The summed E-state index contributed by atoms with van der Waals surface area (Å²) >= 11 is 0. The van der Waals surface area contributed by atoms with E-state index < -0.39 is 0 Å². The molecule has 0 aromatic heterocycles. The summed E-state index contributed by atoms with van der Waals surface area (Å²) in [7, 11) is 0. The zero-order valence-corrected chi connectivity index (χ0v) is 11.0. The third kappa shape index (κ3) is 6.02. The lowest BCUT2D eigenvalue weighted by Crippen LogP contribution is -1.67. The van der Waals surface area contributed by atoms with Crippen molar-refractivity contribution in [2.24, 2.45) is 0 Å². The molecule has 0 fully saturated rings. The number of benzene rings is 2. The minimum absolute atomic E-state index is 1.31. The van der Waals surface area contributed by atoms with Crippen molar-refractivity contribution in [2.45, 2.75) is 27.7 Å². The van der Waals surface area contributed by atoms with Gasteiger partial charge in [-0.2, -0.15) is 0 Å². The van der Waals surface area contributed by atoms with Gasteiger partial charge in [-0.3, -0.25) is 0 Å². The highest BCUT2D eigenvalue weighted by atomic mass is 13.9. The van der Waals surface area contributed by atoms with Crippen molar-refractivity contribution in [3.05, 3.63) is 61.7 Å².